The fourth-order valence-corrected chi connectivity index (χ4v) is 3.36. The summed E-state index contributed by atoms with van der Waals surface area (Å²) in [4.78, 5) is 0. The van der Waals surface area contributed by atoms with Gasteiger partial charge in [0, 0.05) is 11.5 Å². The van der Waals surface area contributed by atoms with Crippen LogP contribution in [0.4, 0.5) is 0 Å². The number of allylic oxidation sites excluding steroid dienone is 2. The van der Waals surface area contributed by atoms with E-state index in [1.807, 2.05) is 13.0 Å². The zero-order valence-electron chi connectivity index (χ0n) is 13.6. The van der Waals surface area contributed by atoms with Gasteiger partial charge < -0.3 is 10.2 Å². The van der Waals surface area contributed by atoms with Crippen molar-refractivity contribution in [3.63, 3.8) is 0 Å². The Bertz CT molecular complexity index is 529. The van der Waals surface area contributed by atoms with Crippen LogP contribution in [0.1, 0.15) is 75.0 Å². The molecule has 0 radical (unpaired) electrons. The monoisotopic (exact) mass is 288 g/mol. The summed E-state index contributed by atoms with van der Waals surface area (Å²) in [6, 6.07) is 1.87. The number of phenols is 2. The third kappa shape index (κ3) is 3.61. The van der Waals surface area contributed by atoms with Crippen molar-refractivity contribution in [1.29, 1.82) is 0 Å². The first kappa shape index (κ1) is 15.9. The maximum atomic E-state index is 10.6. The van der Waals surface area contributed by atoms with Gasteiger partial charge in [0.2, 0.25) is 0 Å². The molecule has 0 aromatic heterocycles. The highest BCUT2D eigenvalue weighted by atomic mass is 16.3. The van der Waals surface area contributed by atoms with Gasteiger partial charge in [0.05, 0.1) is 0 Å². The Morgan fingerprint density at radius 2 is 1.95 bits per heavy atom. The van der Waals surface area contributed by atoms with Crippen LogP contribution in [0, 0.1) is 6.92 Å². The summed E-state index contributed by atoms with van der Waals surface area (Å²) in [5.74, 6) is 0.722. The van der Waals surface area contributed by atoms with Crippen LogP contribution in [-0.2, 0) is 6.42 Å². The first-order valence-electron chi connectivity index (χ1n) is 8.26. The van der Waals surface area contributed by atoms with Crippen molar-refractivity contribution < 1.29 is 10.2 Å². The maximum Gasteiger partial charge on any atom is 0.126 e. The van der Waals surface area contributed by atoms with Crippen LogP contribution in [0.15, 0.2) is 17.7 Å². The van der Waals surface area contributed by atoms with Gasteiger partial charge in [-0.25, -0.2) is 0 Å². The van der Waals surface area contributed by atoms with Crippen molar-refractivity contribution >= 4 is 0 Å². The van der Waals surface area contributed by atoms with E-state index in [4.69, 9.17) is 0 Å². The smallest absolute Gasteiger partial charge is 0.126 e. The normalized spacial score (nSPS) is 18.6. The predicted molar refractivity (Wildman–Crippen MR) is 88.1 cm³/mol. The van der Waals surface area contributed by atoms with E-state index in [1.54, 1.807) is 0 Å². The lowest BCUT2D eigenvalue weighted by atomic mass is 9.83. The van der Waals surface area contributed by atoms with Gasteiger partial charge in [0.1, 0.15) is 11.5 Å². The van der Waals surface area contributed by atoms with Crippen LogP contribution < -0.4 is 0 Å². The van der Waals surface area contributed by atoms with Crippen LogP contribution in [0.3, 0.4) is 0 Å². The molecule has 0 aliphatic heterocycles. The topological polar surface area (TPSA) is 40.5 Å². The minimum absolute atomic E-state index is 0.155. The Kier molecular flexibility index (Phi) is 5.33. The van der Waals surface area contributed by atoms with Crippen molar-refractivity contribution in [2.75, 3.05) is 0 Å². The van der Waals surface area contributed by atoms with Crippen LogP contribution >= 0.6 is 0 Å². The molecule has 2 N–H and O–H groups in total. The van der Waals surface area contributed by atoms with E-state index in [0.29, 0.717) is 5.75 Å². The van der Waals surface area contributed by atoms with Gasteiger partial charge in [-0.15, -0.1) is 0 Å². The lowest BCUT2D eigenvalue weighted by Gasteiger charge is -2.23. The number of hydrogen-bond donors (Lipinski definition) is 2. The van der Waals surface area contributed by atoms with E-state index < -0.39 is 0 Å². The molecule has 1 aromatic carbocycles. The first-order valence-corrected chi connectivity index (χ1v) is 8.26. The minimum atomic E-state index is 0.155. The average molecular weight is 288 g/mol. The molecule has 0 heterocycles. The summed E-state index contributed by atoms with van der Waals surface area (Å²) in [7, 11) is 0. The molecule has 21 heavy (non-hydrogen) atoms. The van der Waals surface area contributed by atoms with Crippen LogP contribution in [0.5, 0.6) is 11.5 Å². The molecule has 1 aliphatic carbocycles. The highest BCUT2D eigenvalue weighted by Gasteiger charge is 2.23. The molecule has 1 aliphatic rings. The second kappa shape index (κ2) is 7.02. The lowest BCUT2D eigenvalue weighted by Crippen LogP contribution is -2.05. The second-order valence-corrected chi connectivity index (χ2v) is 6.41. The van der Waals surface area contributed by atoms with Gasteiger partial charge >= 0.3 is 0 Å². The highest BCUT2D eigenvalue weighted by molar-refractivity contribution is 5.55. The fraction of sp³-hybridized carbons (Fsp3) is 0.579. The lowest BCUT2D eigenvalue weighted by molar-refractivity contribution is 0.424. The fourth-order valence-electron chi connectivity index (χ4n) is 3.36. The van der Waals surface area contributed by atoms with Gasteiger partial charge in [-0.3, -0.25) is 0 Å². The van der Waals surface area contributed by atoms with Crippen LogP contribution in [-0.4, -0.2) is 10.2 Å². The number of unbranched alkanes of at least 4 members (excludes halogenated alkanes) is 2. The Labute approximate surface area is 128 Å². The van der Waals surface area contributed by atoms with Crippen LogP contribution in [0.25, 0.3) is 0 Å². The quantitative estimate of drug-likeness (QED) is 0.566. The second-order valence-electron chi connectivity index (χ2n) is 6.41. The Morgan fingerprint density at radius 1 is 1.19 bits per heavy atom. The largest absolute Gasteiger partial charge is 0.507 e. The molecule has 2 nitrogen and oxygen atoms in total. The molecular weight excluding hydrogens is 260 g/mol. The van der Waals surface area contributed by atoms with Crippen molar-refractivity contribution in [2.24, 2.45) is 0 Å². The standard InChI is InChI=1S/C19H28O2/c1-4-5-6-9-15-12-17(20)18(19(21)14(15)3)16-10-7-8-13(2)11-16/h11-12,16,20-21H,4-10H2,1-3H3. The average Bonchev–Trinajstić information content (AvgIpc) is 2.44. The molecule has 1 atom stereocenters. The Balaban J connectivity index is 2.31. The van der Waals surface area contributed by atoms with E-state index in [-0.39, 0.29) is 11.7 Å². The number of aromatic hydroxyl groups is 2. The zero-order valence-corrected chi connectivity index (χ0v) is 13.6. The van der Waals surface area contributed by atoms with Crippen LogP contribution in [0.2, 0.25) is 0 Å². The van der Waals surface area contributed by atoms with E-state index in [9.17, 15) is 10.2 Å². The highest BCUT2D eigenvalue weighted by Crippen LogP contribution is 2.43. The molecule has 0 saturated heterocycles. The summed E-state index contributed by atoms with van der Waals surface area (Å²) in [6.07, 6.45) is 9.88. The van der Waals surface area contributed by atoms with Gasteiger partial charge in [-0.2, -0.15) is 0 Å². The zero-order chi connectivity index (χ0) is 15.4. The summed E-state index contributed by atoms with van der Waals surface area (Å²) in [5, 5.41) is 21.0. The first-order chi connectivity index (χ1) is 10.0. The number of benzene rings is 1. The van der Waals surface area contributed by atoms with Crippen molar-refractivity contribution in [2.45, 2.75) is 71.6 Å². The van der Waals surface area contributed by atoms with E-state index >= 15 is 0 Å². The molecular formula is C19H28O2. The predicted octanol–water partition coefficient (Wildman–Crippen LogP) is 5.35. The molecule has 116 valence electrons. The molecule has 0 amide bonds. The third-order valence-corrected chi connectivity index (χ3v) is 4.67. The van der Waals surface area contributed by atoms with Gasteiger partial charge in [0.15, 0.2) is 0 Å². The van der Waals surface area contributed by atoms with E-state index in [0.717, 1.165) is 48.8 Å². The van der Waals surface area contributed by atoms with Crippen molar-refractivity contribution in [3.8, 4) is 11.5 Å². The number of hydrogen-bond acceptors (Lipinski definition) is 2. The molecule has 0 spiro atoms. The summed E-state index contributed by atoms with van der Waals surface area (Å²) >= 11 is 0. The SMILES string of the molecule is CCCCCc1cc(O)c(C2C=C(C)CCC2)c(O)c1C. The number of aryl methyl sites for hydroxylation is 1. The van der Waals surface area contributed by atoms with Gasteiger partial charge in [0.25, 0.3) is 0 Å². The molecule has 2 rings (SSSR count). The molecule has 1 unspecified atom stereocenters. The van der Waals surface area contributed by atoms with E-state index in [1.165, 1.54) is 18.4 Å². The maximum absolute atomic E-state index is 10.6. The number of rotatable bonds is 5. The third-order valence-electron chi connectivity index (χ3n) is 4.67. The summed E-state index contributed by atoms with van der Waals surface area (Å²) in [6.45, 7) is 6.29. The molecule has 0 bridgehead atoms. The Morgan fingerprint density at radius 3 is 2.62 bits per heavy atom. The molecule has 0 saturated carbocycles. The van der Waals surface area contributed by atoms with Crippen molar-refractivity contribution in [1.82, 2.24) is 0 Å². The summed E-state index contributed by atoms with van der Waals surface area (Å²) < 4.78 is 0. The molecule has 2 heteroatoms. The van der Waals surface area contributed by atoms with Gasteiger partial charge in [-0.1, -0.05) is 31.4 Å². The summed E-state index contributed by atoms with van der Waals surface area (Å²) in [5.41, 5.74) is 4.11. The van der Waals surface area contributed by atoms with E-state index in [2.05, 4.69) is 19.9 Å². The molecule has 1 aromatic rings. The Hall–Kier alpha value is -1.44. The molecule has 0 fully saturated rings. The number of phenolic OH excluding ortho intramolecular Hbond substituents is 2. The van der Waals surface area contributed by atoms with Gasteiger partial charge in [-0.05, 0) is 63.1 Å². The minimum Gasteiger partial charge on any atom is -0.507 e. The van der Waals surface area contributed by atoms with Crippen molar-refractivity contribution in [3.05, 3.63) is 34.4 Å².